The Morgan fingerprint density at radius 1 is 1.24 bits per heavy atom. The Hall–Kier alpha value is -0.230. The maximum Gasteiger partial charge on any atom is 0.0794 e. The topological polar surface area (TPSA) is 24.9 Å². The molecule has 0 bridgehead atoms. The average Bonchev–Trinajstić information content (AvgIpc) is 2.82. The highest BCUT2D eigenvalue weighted by Crippen LogP contribution is 2.23. The van der Waals surface area contributed by atoms with Gasteiger partial charge in [-0.05, 0) is 49.6 Å². The molecule has 0 saturated carbocycles. The predicted octanol–water partition coefficient (Wildman–Crippen LogP) is 4.00. The lowest BCUT2D eigenvalue weighted by Gasteiger charge is -2.05. The molecule has 2 rings (SSSR count). The summed E-state index contributed by atoms with van der Waals surface area (Å²) in [7, 11) is 0. The zero-order valence-electron chi connectivity index (χ0n) is 9.12. The van der Waals surface area contributed by atoms with Gasteiger partial charge in [0.25, 0.3) is 0 Å². The van der Waals surface area contributed by atoms with Gasteiger partial charge in [-0.3, -0.25) is 0 Å². The van der Waals surface area contributed by atoms with Crippen molar-refractivity contribution in [2.24, 2.45) is 0 Å². The Balaban J connectivity index is 1.76. The molecule has 0 radical (unpaired) electrons. The lowest BCUT2D eigenvalue weighted by molar-refractivity contribution is 0.681. The minimum atomic E-state index is 0.885. The van der Waals surface area contributed by atoms with E-state index in [2.05, 4.69) is 65.7 Å². The van der Waals surface area contributed by atoms with Crippen molar-refractivity contribution in [3.05, 3.63) is 49.3 Å². The highest BCUT2D eigenvalue weighted by Gasteiger charge is 1.99. The maximum absolute atomic E-state index is 4.25. The first-order valence-electron chi connectivity index (χ1n) is 5.27. The van der Waals surface area contributed by atoms with Gasteiger partial charge in [0.1, 0.15) is 0 Å². The molecule has 0 unspecified atom stereocenters. The number of halogens is 2. The summed E-state index contributed by atoms with van der Waals surface area (Å²) in [4.78, 5) is 4.25. The van der Waals surface area contributed by atoms with Gasteiger partial charge < -0.3 is 5.32 Å². The number of benzene rings is 1. The number of thiazole rings is 1. The van der Waals surface area contributed by atoms with E-state index in [1.807, 2.05) is 5.51 Å². The summed E-state index contributed by atoms with van der Waals surface area (Å²) in [5.41, 5.74) is 4.32. The van der Waals surface area contributed by atoms with E-state index in [0.717, 1.165) is 28.5 Å². The molecule has 0 aliphatic rings. The standard InChI is InChI=1S/C12H12Br2N2S/c13-11-2-1-9(5-12(11)14)6-15-4-3-10-7-17-8-16-10/h1-2,5,7-8,15H,3-4,6H2. The molecule has 1 aromatic carbocycles. The molecule has 90 valence electrons. The fourth-order valence-corrected chi connectivity index (χ4v) is 2.73. The van der Waals surface area contributed by atoms with Gasteiger partial charge in [0.15, 0.2) is 0 Å². The largest absolute Gasteiger partial charge is 0.312 e. The average molecular weight is 376 g/mol. The summed E-state index contributed by atoms with van der Waals surface area (Å²) < 4.78 is 2.18. The van der Waals surface area contributed by atoms with Crippen LogP contribution in [-0.4, -0.2) is 11.5 Å². The number of hydrogen-bond donors (Lipinski definition) is 1. The van der Waals surface area contributed by atoms with Crippen molar-refractivity contribution in [3.8, 4) is 0 Å². The van der Waals surface area contributed by atoms with Crippen molar-refractivity contribution < 1.29 is 0 Å². The first kappa shape index (κ1) is 13.2. The maximum atomic E-state index is 4.25. The second-order valence-corrected chi connectivity index (χ2v) is 6.08. The Morgan fingerprint density at radius 3 is 2.82 bits per heavy atom. The van der Waals surface area contributed by atoms with Crippen LogP contribution in [-0.2, 0) is 13.0 Å². The molecular formula is C12H12Br2N2S. The van der Waals surface area contributed by atoms with E-state index >= 15 is 0 Å². The van der Waals surface area contributed by atoms with Gasteiger partial charge in [-0.25, -0.2) is 4.98 Å². The third-order valence-corrected chi connectivity index (χ3v) is 4.87. The van der Waals surface area contributed by atoms with Crippen molar-refractivity contribution in [2.75, 3.05) is 6.54 Å². The Morgan fingerprint density at radius 2 is 2.12 bits per heavy atom. The molecule has 2 nitrogen and oxygen atoms in total. The van der Waals surface area contributed by atoms with Crippen LogP contribution in [0.1, 0.15) is 11.3 Å². The van der Waals surface area contributed by atoms with Gasteiger partial charge in [0, 0.05) is 33.8 Å². The molecule has 1 aromatic heterocycles. The van der Waals surface area contributed by atoms with Gasteiger partial charge in [-0.2, -0.15) is 0 Å². The van der Waals surface area contributed by atoms with Crippen LogP contribution in [0.5, 0.6) is 0 Å². The van der Waals surface area contributed by atoms with Crippen LogP contribution >= 0.6 is 43.2 Å². The summed E-state index contributed by atoms with van der Waals surface area (Å²) in [6, 6.07) is 6.30. The molecule has 0 atom stereocenters. The SMILES string of the molecule is Brc1ccc(CNCCc2cscn2)cc1Br. The monoisotopic (exact) mass is 374 g/mol. The van der Waals surface area contributed by atoms with Crippen molar-refractivity contribution in [2.45, 2.75) is 13.0 Å². The quantitative estimate of drug-likeness (QED) is 0.799. The van der Waals surface area contributed by atoms with E-state index in [1.54, 1.807) is 11.3 Å². The normalized spacial score (nSPS) is 10.7. The third-order valence-electron chi connectivity index (χ3n) is 2.35. The lowest BCUT2D eigenvalue weighted by atomic mass is 10.2. The van der Waals surface area contributed by atoms with Crippen LogP contribution in [0.4, 0.5) is 0 Å². The fourth-order valence-electron chi connectivity index (χ4n) is 1.46. The summed E-state index contributed by atoms with van der Waals surface area (Å²) in [6.45, 7) is 1.84. The van der Waals surface area contributed by atoms with E-state index in [1.165, 1.54) is 11.3 Å². The van der Waals surface area contributed by atoms with E-state index in [0.29, 0.717) is 0 Å². The first-order valence-corrected chi connectivity index (χ1v) is 7.80. The Labute approximate surface area is 122 Å². The molecule has 1 heterocycles. The molecule has 0 spiro atoms. The van der Waals surface area contributed by atoms with Crippen molar-refractivity contribution in [3.63, 3.8) is 0 Å². The Bertz CT molecular complexity index is 471. The van der Waals surface area contributed by atoms with Crippen LogP contribution in [0.2, 0.25) is 0 Å². The number of aromatic nitrogens is 1. The highest BCUT2D eigenvalue weighted by atomic mass is 79.9. The highest BCUT2D eigenvalue weighted by molar-refractivity contribution is 9.13. The molecule has 1 N–H and O–H groups in total. The molecule has 0 amide bonds. The van der Waals surface area contributed by atoms with Gasteiger partial charge >= 0.3 is 0 Å². The fraction of sp³-hybridized carbons (Fsp3) is 0.250. The third kappa shape index (κ3) is 4.17. The molecular weight excluding hydrogens is 364 g/mol. The first-order chi connectivity index (χ1) is 8.25. The molecule has 0 aliphatic carbocycles. The molecule has 0 fully saturated rings. The van der Waals surface area contributed by atoms with Gasteiger partial charge in [0.05, 0.1) is 11.2 Å². The van der Waals surface area contributed by atoms with Crippen LogP contribution < -0.4 is 5.32 Å². The summed E-state index contributed by atoms with van der Waals surface area (Å²) in [6.07, 6.45) is 0.987. The zero-order chi connectivity index (χ0) is 12.1. The summed E-state index contributed by atoms with van der Waals surface area (Å²) in [5.74, 6) is 0. The second kappa shape index (κ2) is 6.64. The van der Waals surface area contributed by atoms with E-state index in [-0.39, 0.29) is 0 Å². The minimum Gasteiger partial charge on any atom is -0.312 e. The van der Waals surface area contributed by atoms with Crippen LogP contribution in [0.15, 0.2) is 38.0 Å². The van der Waals surface area contributed by atoms with Gasteiger partial charge in [-0.15, -0.1) is 11.3 Å². The molecule has 2 aromatic rings. The molecule has 17 heavy (non-hydrogen) atoms. The molecule has 0 aliphatic heterocycles. The number of hydrogen-bond acceptors (Lipinski definition) is 3. The van der Waals surface area contributed by atoms with Crippen LogP contribution in [0, 0.1) is 0 Å². The van der Waals surface area contributed by atoms with Crippen LogP contribution in [0.25, 0.3) is 0 Å². The predicted molar refractivity (Wildman–Crippen MR) is 79.4 cm³/mol. The summed E-state index contributed by atoms with van der Waals surface area (Å²) in [5, 5.41) is 5.51. The second-order valence-electron chi connectivity index (χ2n) is 3.66. The van der Waals surface area contributed by atoms with E-state index < -0.39 is 0 Å². The molecule has 5 heteroatoms. The number of rotatable bonds is 5. The van der Waals surface area contributed by atoms with Gasteiger partial charge in [0.2, 0.25) is 0 Å². The number of nitrogens with zero attached hydrogens (tertiary/aromatic N) is 1. The van der Waals surface area contributed by atoms with E-state index in [9.17, 15) is 0 Å². The molecule has 0 saturated heterocycles. The van der Waals surface area contributed by atoms with Crippen LogP contribution in [0.3, 0.4) is 0 Å². The Kier molecular flexibility index (Phi) is 5.16. The van der Waals surface area contributed by atoms with Crippen molar-refractivity contribution in [1.82, 2.24) is 10.3 Å². The summed E-state index contributed by atoms with van der Waals surface area (Å²) >= 11 is 8.61. The number of nitrogens with one attached hydrogen (secondary N) is 1. The van der Waals surface area contributed by atoms with Gasteiger partial charge in [-0.1, -0.05) is 6.07 Å². The lowest BCUT2D eigenvalue weighted by Crippen LogP contribution is -2.16. The smallest absolute Gasteiger partial charge is 0.0794 e. The van der Waals surface area contributed by atoms with Crippen molar-refractivity contribution >= 4 is 43.2 Å². The van der Waals surface area contributed by atoms with Crippen molar-refractivity contribution in [1.29, 1.82) is 0 Å². The zero-order valence-corrected chi connectivity index (χ0v) is 13.1. The minimum absolute atomic E-state index is 0.885. The van der Waals surface area contributed by atoms with E-state index in [4.69, 9.17) is 0 Å².